The number of anilines is 6. The van der Waals surface area contributed by atoms with Crippen molar-refractivity contribution < 1.29 is 22.5 Å². The summed E-state index contributed by atoms with van der Waals surface area (Å²) < 4.78 is 128. The Bertz CT molecular complexity index is 4290. The second-order valence-corrected chi connectivity index (χ2v) is 18.4. The van der Waals surface area contributed by atoms with E-state index in [1.807, 2.05) is 173 Å². The highest BCUT2D eigenvalue weighted by Crippen LogP contribution is 2.52. The fraction of sp³-hybridized carbons (Fsp3) is 0.0588. The molecule has 0 unspecified atom stereocenters. The minimum Gasteiger partial charge on any atom is -0.307 e. The molecule has 0 bridgehead atoms. The van der Waals surface area contributed by atoms with Crippen LogP contribution in [-0.4, -0.2) is 0 Å². The number of halogens is 2. The number of aryl methyl sites for hydroxylation is 4. The smallest absolute Gasteiger partial charge is 0.148 e. The summed E-state index contributed by atoms with van der Waals surface area (Å²) in [4.78, 5) is 2.86. The Morgan fingerprint density at radius 3 is 1.07 bits per heavy atom. The molecule has 0 spiro atoms. The van der Waals surface area contributed by atoms with Crippen LogP contribution in [-0.2, 0) is 0 Å². The van der Waals surface area contributed by atoms with Gasteiger partial charge in [0.05, 0.1) is 36.5 Å². The lowest BCUT2D eigenvalue weighted by Crippen LogP contribution is -2.14. The summed E-state index contributed by atoms with van der Waals surface area (Å²) in [7, 11) is 0. The number of benzene rings is 12. The number of nitrogens with zero attached hydrogens (tertiary/aromatic N) is 2. The monoisotopic (exact) mass is 942 g/mol. The molecule has 0 aliphatic heterocycles. The van der Waals surface area contributed by atoms with Crippen molar-refractivity contribution in [2.45, 2.75) is 27.7 Å². The molecule has 4 heteroatoms. The Morgan fingerprint density at radius 2 is 0.694 bits per heavy atom. The average Bonchev–Trinajstić information content (AvgIpc) is 3.65. The van der Waals surface area contributed by atoms with Gasteiger partial charge in [-0.15, -0.1) is 0 Å². The zero-order valence-corrected chi connectivity index (χ0v) is 39.8. The number of hydrogen-bond donors (Lipinski definition) is 0. The Morgan fingerprint density at radius 1 is 0.347 bits per heavy atom. The summed E-state index contributed by atoms with van der Waals surface area (Å²) in [5.41, 5.74) is 8.08. The van der Waals surface area contributed by atoms with Crippen molar-refractivity contribution >= 4 is 66.4 Å². The molecule has 346 valence electrons. The van der Waals surface area contributed by atoms with E-state index in [9.17, 15) is 5.48 Å². The molecule has 2 nitrogen and oxygen atoms in total. The molecule has 0 saturated heterocycles. The molecule has 0 fully saturated rings. The third-order valence-corrected chi connectivity index (χ3v) is 13.5. The molecule has 0 radical (unpaired) electrons. The first-order valence-electron chi connectivity index (χ1n) is 28.7. The van der Waals surface area contributed by atoms with Crippen molar-refractivity contribution in [2.75, 3.05) is 9.80 Å². The van der Waals surface area contributed by atoms with Crippen LogP contribution in [0.4, 0.5) is 42.9 Å². The van der Waals surface area contributed by atoms with Gasteiger partial charge in [-0.2, -0.15) is 0 Å². The Kier molecular flexibility index (Phi) is 8.68. The molecule has 72 heavy (non-hydrogen) atoms. The summed E-state index contributed by atoms with van der Waals surface area (Å²) >= 11 is 0. The number of rotatable bonds is 10. The summed E-state index contributed by atoms with van der Waals surface area (Å²) in [6.45, 7) is 7.74. The van der Waals surface area contributed by atoms with Crippen LogP contribution >= 0.6 is 0 Å². The molecule has 0 aliphatic rings. The maximum Gasteiger partial charge on any atom is 0.148 e. The lowest BCUT2D eigenvalue weighted by molar-refractivity contribution is 0.629. The molecule has 0 saturated carbocycles. The third kappa shape index (κ3) is 7.92. The van der Waals surface area contributed by atoms with Gasteiger partial charge in [0.1, 0.15) is 11.6 Å². The van der Waals surface area contributed by atoms with Gasteiger partial charge in [-0.25, -0.2) is 8.78 Å². The molecule has 12 rings (SSSR count). The van der Waals surface area contributed by atoms with Crippen molar-refractivity contribution in [1.29, 1.82) is 0 Å². The largest absolute Gasteiger partial charge is 0.307 e. The van der Waals surface area contributed by atoms with Crippen LogP contribution in [0.25, 0.3) is 76.8 Å². The van der Waals surface area contributed by atoms with Gasteiger partial charge < -0.3 is 9.80 Å². The normalized spacial score (nSPS) is 13.4. The fourth-order valence-corrected chi connectivity index (χ4v) is 10.3. The summed E-state index contributed by atoms with van der Waals surface area (Å²) in [5.74, 6) is -1.46. The standard InChI is InChI=1S/C68H50F2N2/c1-43-15-11-19-49(35-43)53-39-59(51-21-13-17-45(3)37-51)67(61(69)41-53)71(55-23-7-5-8-24-55)63-33-29-47-28-32-58-64(34-30-48-27-31-57(63)65(47)66(48)58)72(56-25-9-6-10-26-56)68-60(52-22-14-18-46(4)38-52)40-54(42-62(68)70)50-20-12-16-44(2)36-50/h5-42H,1-4H3/i5D,6D,7D,8D,9D,10D,23D,24D,25D,26D. The van der Waals surface area contributed by atoms with Gasteiger partial charge in [-0.3, -0.25) is 0 Å². The molecule has 0 aliphatic carbocycles. The molecule has 0 heterocycles. The van der Waals surface area contributed by atoms with Crippen LogP contribution in [0.1, 0.15) is 36.0 Å². The Labute approximate surface area is 433 Å². The average molecular weight is 943 g/mol. The first kappa shape index (κ1) is 34.4. The SMILES string of the molecule is [2H]c1c([2H])c([2H])c(N(c2c(F)cc(-c3cccc(C)c3)cc2-c2cccc(C)c2)c2ccc3ccc4c(N(c5c(F)cc(-c6cccc(C)c6)cc5-c5cccc(C)c5)c5c([2H])c([2H])c([2H])c([2H])c5[2H])ccc5ccc2c3c54)c([2H])c1[2H]. The second-order valence-electron chi connectivity index (χ2n) is 18.4. The van der Waals surface area contributed by atoms with Gasteiger partial charge in [0.25, 0.3) is 0 Å². The number of hydrogen-bond acceptors (Lipinski definition) is 2. The lowest BCUT2D eigenvalue weighted by atomic mass is 9.90. The van der Waals surface area contributed by atoms with Gasteiger partial charge >= 0.3 is 0 Å². The first-order valence-corrected chi connectivity index (χ1v) is 23.7. The summed E-state index contributed by atoms with van der Waals surface area (Å²) in [6.07, 6.45) is 0. The zero-order valence-electron chi connectivity index (χ0n) is 49.8. The highest BCUT2D eigenvalue weighted by Gasteiger charge is 2.28. The highest BCUT2D eigenvalue weighted by atomic mass is 19.1. The van der Waals surface area contributed by atoms with E-state index in [-0.39, 0.29) is 34.1 Å². The Balaban J connectivity index is 1.20. The molecular formula is C68H50F2N2. The van der Waals surface area contributed by atoms with Crippen LogP contribution in [0.5, 0.6) is 0 Å². The maximum atomic E-state index is 18.2. The minimum atomic E-state index is -0.732. The molecule has 0 atom stereocenters. The van der Waals surface area contributed by atoms with Gasteiger partial charge in [-0.1, -0.05) is 192 Å². The quantitative estimate of drug-likeness (QED) is 0.126. The van der Waals surface area contributed by atoms with Crippen LogP contribution in [0.15, 0.2) is 230 Å². The van der Waals surface area contributed by atoms with Crippen LogP contribution in [0.3, 0.4) is 0 Å². The maximum absolute atomic E-state index is 18.2. The van der Waals surface area contributed by atoms with Crippen molar-refractivity contribution in [3.63, 3.8) is 0 Å². The van der Waals surface area contributed by atoms with Crippen molar-refractivity contribution in [1.82, 2.24) is 0 Å². The minimum absolute atomic E-state index is 0.0723. The van der Waals surface area contributed by atoms with E-state index in [4.69, 9.17) is 8.22 Å². The topological polar surface area (TPSA) is 6.48 Å². The molecule has 0 amide bonds. The van der Waals surface area contributed by atoms with E-state index < -0.39 is 72.1 Å². The molecule has 0 aromatic heterocycles. The van der Waals surface area contributed by atoms with Gasteiger partial charge in [0, 0.05) is 33.3 Å². The van der Waals surface area contributed by atoms with Crippen LogP contribution < -0.4 is 9.80 Å². The van der Waals surface area contributed by atoms with Gasteiger partial charge in [0.15, 0.2) is 0 Å². The molecule has 0 N–H and O–H groups in total. The van der Waals surface area contributed by atoms with E-state index in [0.29, 0.717) is 65.7 Å². The van der Waals surface area contributed by atoms with Crippen LogP contribution in [0, 0.1) is 39.3 Å². The molecule has 12 aromatic carbocycles. The summed E-state index contributed by atoms with van der Waals surface area (Å²) in [6, 6.07) is 45.6. The van der Waals surface area contributed by atoms with E-state index in [1.165, 1.54) is 21.9 Å². The zero-order chi connectivity index (χ0) is 57.7. The van der Waals surface area contributed by atoms with Crippen molar-refractivity contribution in [3.05, 3.63) is 264 Å². The van der Waals surface area contributed by atoms with Crippen molar-refractivity contribution in [2.24, 2.45) is 0 Å². The highest BCUT2D eigenvalue weighted by molar-refractivity contribution is 6.28. The Hall–Kier alpha value is -8.86. The predicted molar refractivity (Wildman–Crippen MR) is 300 cm³/mol. The number of para-hydroxylation sites is 2. The van der Waals surface area contributed by atoms with E-state index in [2.05, 4.69) is 0 Å². The molecular weight excluding hydrogens is 883 g/mol. The van der Waals surface area contributed by atoms with Crippen LogP contribution in [0.2, 0.25) is 0 Å². The fourth-order valence-electron chi connectivity index (χ4n) is 10.3. The van der Waals surface area contributed by atoms with E-state index in [1.54, 1.807) is 12.1 Å². The second kappa shape index (κ2) is 18.1. The third-order valence-electron chi connectivity index (χ3n) is 13.5. The van der Waals surface area contributed by atoms with Gasteiger partial charge in [0.2, 0.25) is 0 Å². The van der Waals surface area contributed by atoms with Crippen molar-refractivity contribution in [3.8, 4) is 44.5 Å². The van der Waals surface area contributed by atoms with Gasteiger partial charge in [-0.05, 0) is 143 Å². The lowest BCUT2D eigenvalue weighted by Gasteiger charge is -2.31. The first-order chi connectivity index (χ1) is 39.3. The molecule has 12 aromatic rings. The van der Waals surface area contributed by atoms with E-state index >= 15 is 8.78 Å². The van der Waals surface area contributed by atoms with E-state index in [0.717, 1.165) is 33.4 Å². The summed E-state index contributed by atoms with van der Waals surface area (Å²) in [5, 5.41) is 3.59. The predicted octanol–water partition coefficient (Wildman–Crippen LogP) is 19.7.